The topological polar surface area (TPSA) is 206 Å². The fourth-order valence-corrected chi connectivity index (χ4v) is 6.42. The summed E-state index contributed by atoms with van der Waals surface area (Å²) in [6.07, 6.45) is -9.68. The summed E-state index contributed by atoms with van der Waals surface area (Å²) >= 11 is 0. The van der Waals surface area contributed by atoms with Crippen molar-refractivity contribution in [1.82, 2.24) is 5.32 Å². The second-order valence-corrected chi connectivity index (χ2v) is 11.9. The first-order chi connectivity index (χ1) is 23.1. The Labute approximate surface area is 276 Å². The van der Waals surface area contributed by atoms with E-state index in [1.165, 1.54) is 7.11 Å². The predicted octanol–water partition coefficient (Wildman–Crippen LogP) is 1.08. The van der Waals surface area contributed by atoms with Gasteiger partial charge >= 0.3 is 5.97 Å². The number of aliphatic hydroxyl groups is 5. The highest BCUT2D eigenvalue weighted by atomic mass is 16.7. The second-order valence-electron chi connectivity index (χ2n) is 11.9. The molecule has 14 heteroatoms. The maximum Gasteiger partial charge on any atom is 0.335 e. The van der Waals surface area contributed by atoms with Gasteiger partial charge < -0.3 is 59.1 Å². The molecule has 3 aliphatic rings. The molecule has 3 aromatic rings. The van der Waals surface area contributed by atoms with E-state index < -0.39 is 48.9 Å². The molecule has 6 rings (SSSR count). The molecule has 0 bridgehead atoms. The van der Waals surface area contributed by atoms with Gasteiger partial charge in [-0.25, -0.2) is 4.79 Å². The SMILES string of the molecule is COc1c(OCNCC(C)O)cc(CCO)c2c1OC1c3c(cc(OC4OC(C(=O)O)C(O)C(O)C4O)cc3-c3ccccc3)OCC21. The lowest BCUT2D eigenvalue weighted by atomic mass is 9.83. The largest absolute Gasteiger partial charge is 0.492 e. The number of rotatable bonds is 12. The van der Waals surface area contributed by atoms with Crippen LogP contribution in [0, 0.1) is 0 Å². The average Bonchev–Trinajstić information content (AvgIpc) is 3.47. The monoisotopic (exact) mass is 669 g/mol. The summed E-state index contributed by atoms with van der Waals surface area (Å²) in [5, 5.41) is 63.1. The molecule has 3 aliphatic heterocycles. The minimum Gasteiger partial charge on any atom is -0.492 e. The molecule has 7 N–H and O–H groups in total. The zero-order valence-electron chi connectivity index (χ0n) is 26.3. The summed E-state index contributed by atoms with van der Waals surface area (Å²) in [5.41, 5.74) is 3.77. The number of fused-ring (bicyclic) bond motifs is 5. The number of carbonyl (C=O) groups is 1. The van der Waals surface area contributed by atoms with Crippen LogP contribution in [0.15, 0.2) is 48.5 Å². The van der Waals surface area contributed by atoms with Crippen LogP contribution < -0.4 is 29.0 Å². The fraction of sp³-hybridized carbons (Fsp3) is 0.441. The third kappa shape index (κ3) is 6.35. The van der Waals surface area contributed by atoms with E-state index in [0.29, 0.717) is 47.1 Å². The van der Waals surface area contributed by atoms with Gasteiger partial charge in [-0.05, 0) is 42.2 Å². The van der Waals surface area contributed by atoms with Gasteiger partial charge in [0, 0.05) is 30.3 Å². The van der Waals surface area contributed by atoms with E-state index in [1.54, 1.807) is 19.1 Å². The van der Waals surface area contributed by atoms with Crippen molar-refractivity contribution in [3.05, 3.63) is 65.2 Å². The van der Waals surface area contributed by atoms with Gasteiger partial charge in [-0.15, -0.1) is 0 Å². The lowest BCUT2D eigenvalue weighted by Crippen LogP contribution is -2.61. The number of aliphatic carboxylic acids is 1. The summed E-state index contributed by atoms with van der Waals surface area (Å²) in [5.74, 6) is -0.0190. The van der Waals surface area contributed by atoms with Crippen LogP contribution in [0.4, 0.5) is 0 Å². The number of hydrogen-bond donors (Lipinski definition) is 7. The standard InChI is InChI=1S/C34H39NO13/c1-16(37)13-35-15-45-23-10-18(8-9-36)24-21-14-44-22-12-19(46-34-28(40)26(38)27(39)32(48-34)33(41)42)11-20(17-6-4-3-5-7-17)25(22)29(21)47-31(24)30(23)43-2/h3-7,10-12,16,21,26-29,32,34-40H,8-9,13-15H2,1-2H3,(H,41,42). The molecule has 0 aliphatic carbocycles. The van der Waals surface area contributed by atoms with Crippen molar-refractivity contribution in [2.45, 2.75) is 62.2 Å². The van der Waals surface area contributed by atoms with Crippen molar-refractivity contribution in [2.24, 2.45) is 0 Å². The van der Waals surface area contributed by atoms with Gasteiger partial charge in [0.1, 0.15) is 42.6 Å². The Kier molecular flexibility index (Phi) is 9.94. The van der Waals surface area contributed by atoms with Crippen molar-refractivity contribution in [3.63, 3.8) is 0 Å². The van der Waals surface area contributed by atoms with Crippen molar-refractivity contribution >= 4 is 5.97 Å². The van der Waals surface area contributed by atoms with Crippen LogP contribution in [0.25, 0.3) is 11.1 Å². The zero-order valence-corrected chi connectivity index (χ0v) is 26.3. The molecule has 1 fully saturated rings. The zero-order chi connectivity index (χ0) is 34.1. The Morgan fingerprint density at radius 3 is 2.52 bits per heavy atom. The Bertz CT molecular complexity index is 1620. The van der Waals surface area contributed by atoms with E-state index in [9.17, 15) is 35.4 Å². The van der Waals surface area contributed by atoms with Crippen molar-refractivity contribution in [2.75, 3.05) is 33.6 Å². The van der Waals surface area contributed by atoms with Crippen LogP contribution >= 0.6 is 0 Å². The molecule has 258 valence electrons. The molecule has 3 heterocycles. The van der Waals surface area contributed by atoms with E-state index in [-0.39, 0.29) is 31.6 Å². The Morgan fingerprint density at radius 2 is 1.83 bits per heavy atom. The summed E-state index contributed by atoms with van der Waals surface area (Å²) in [7, 11) is 1.51. The number of ether oxygens (including phenoxy) is 6. The van der Waals surface area contributed by atoms with Crippen LogP contribution in [-0.2, 0) is 16.0 Å². The molecule has 8 atom stereocenters. The quantitative estimate of drug-likeness (QED) is 0.107. The highest BCUT2D eigenvalue weighted by molar-refractivity contribution is 5.75. The van der Waals surface area contributed by atoms with Gasteiger partial charge in [0.15, 0.2) is 17.6 Å². The molecule has 0 amide bonds. The van der Waals surface area contributed by atoms with Gasteiger partial charge in [-0.3, -0.25) is 5.32 Å². The summed E-state index contributed by atoms with van der Waals surface area (Å²) in [6, 6.07) is 14.4. The first-order valence-electron chi connectivity index (χ1n) is 15.6. The average molecular weight is 670 g/mol. The minimum atomic E-state index is -1.86. The number of aliphatic hydroxyl groups excluding tert-OH is 5. The van der Waals surface area contributed by atoms with Crippen molar-refractivity contribution < 1.29 is 63.9 Å². The molecular weight excluding hydrogens is 630 g/mol. The van der Waals surface area contributed by atoms with Gasteiger partial charge in [-0.1, -0.05) is 30.3 Å². The molecule has 14 nitrogen and oxygen atoms in total. The summed E-state index contributed by atoms with van der Waals surface area (Å²) in [6.45, 7) is 2.16. The lowest BCUT2D eigenvalue weighted by molar-refractivity contribution is -0.271. The minimum absolute atomic E-state index is 0.0982. The van der Waals surface area contributed by atoms with Gasteiger partial charge in [-0.2, -0.15) is 0 Å². The molecule has 1 saturated heterocycles. The number of carboxylic acids is 1. The molecule has 0 saturated carbocycles. The molecule has 0 radical (unpaired) electrons. The number of benzene rings is 3. The van der Waals surface area contributed by atoms with E-state index in [0.717, 1.165) is 16.7 Å². The predicted molar refractivity (Wildman–Crippen MR) is 167 cm³/mol. The van der Waals surface area contributed by atoms with Crippen LogP contribution in [0.1, 0.15) is 35.6 Å². The van der Waals surface area contributed by atoms with Crippen LogP contribution in [-0.4, -0.2) is 107 Å². The van der Waals surface area contributed by atoms with Crippen LogP contribution in [0.2, 0.25) is 0 Å². The Hall–Kier alpha value is -4.15. The first-order valence-corrected chi connectivity index (χ1v) is 15.6. The normalized spacial score (nSPS) is 26.3. The van der Waals surface area contributed by atoms with E-state index >= 15 is 0 Å². The highest BCUT2D eigenvalue weighted by Crippen LogP contribution is 2.59. The summed E-state index contributed by atoms with van der Waals surface area (Å²) in [4.78, 5) is 11.7. The number of hydrogen-bond acceptors (Lipinski definition) is 13. The van der Waals surface area contributed by atoms with Crippen LogP contribution in [0.3, 0.4) is 0 Å². The lowest BCUT2D eigenvalue weighted by Gasteiger charge is -2.38. The molecule has 0 aromatic heterocycles. The van der Waals surface area contributed by atoms with Crippen LogP contribution in [0.5, 0.6) is 28.7 Å². The van der Waals surface area contributed by atoms with Crippen molar-refractivity contribution in [1.29, 1.82) is 0 Å². The van der Waals surface area contributed by atoms with Gasteiger partial charge in [0.2, 0.25) is 12.0 Å². The maximum atomic E-state index is 11.7. The number of nitrogens with one attached hydrogen (secondary N) is 1. The number of methoxy groups -OCH3 is 1. The van der Waals surface area contributed by atoms with E-state index in [1.807, 2.05) is 36.4 Å². The second kappa shape index (κ2) is 14.1. The number of carboxylic acid groups (broad SMARTS) is 1. The molecule has 0 spiro atoms. The van der Waals surface area contributed by atoms with E-state index in [4.69, 9.17) is 28.4 Å². The third-order valence-electron chi connectivity index (χ3n) is 8.63. The molecule has 3 aromatic carbocycles. The fourth-order valence-electron chi connectivity index (χ4n) is 6.42. The Balaban J connectivity index is 1.39. The third-order valence-corrected chi connectivity index (χ3v) is 8.63. The molecule has 8 unspecified atom stereocenters. The van der Waals surface area contributed by atoms with E-state index in [2.05, 4.69) is 5.32 Å². The maximum absolute atomic E-state index is 11.7. The first kappa shape index (κ1) is 33.7. The van der Waals surface area contributed by atoms with Gasteiger partial charge in [0.25, 0.3) is 0 Å². The Morgan fingerprint density at radius 1 is 1.06 bits per heavy atom. The summed E-state index contributed by atoms with van der Waals surface area (Å²) < 4.78 is 36.1. The molecule has 48 heavy (non-hydrogen) atoms. The van der Waals surface area contributed by atoms with Gasteiger partial charge in [0.05, 0.1) is 25.7 Å². The highest BCUT2D eigenvalue weighted by Gasteiger charge is 2.49. The van der Waals surface area contributed by atoms with Crippen molar-refractivity contribution in [3.8, 4) is 39.9 Å². The smallest absolute Gasteiger partial charge is 0.335 e. The molecular formula is C34H39NO13.